The molecule has 1 aromatic rings. The Labute approximate surface area is 100.0 Å². The highest BCUT2D eigenvalue weighted by Gasteiger charge is 2.31. The van der Waals surface area contributed by atoms with E-state index in [9.17, 15) is 9.59 Å². The Morgan fingerprint density at radius 2 is 2.12 bits per heavy atom. The number of amides is 2. The zero-order chi connectivity index (χ0) is 12.4. The molecular weight excluding hydrogens is 218 g/mol. The number of hydrogen-bond acceptors (Lipinski definition) is 3. The summed E-state index contributed by atoms with van der Waals surface area (Å²) in [6.45, 7) is 3.89. The Bertz CT molecular complexity index is 454. The van der Waals surface area contributed by atoms with E-state index >= 15 is 0 Å². The molecule has 2 amide bonds. The molecule has 17 heavy (non-hydrogen) atoms. The van der Waals surface area contributed by atoms with E-state index in [2.05, 4.69) is 5.32 Å². The normalized spacial score (nSPS) is 19.6. The summed E-state index contributed by atoms with van der Waals surface area (Å²) in [6.07, 6.45) is 0.313. The summed E-state index contributed by atoms with van der Waals surface area (Å²) in [7, 11) is 0. The maximum atomic E-state index is 11.5. The maximum Gasteiger partial charge on any atom is 0.234 e. The molecule has 0 bridgehead atoms. The lowest BCUT2D eigenvalue weighted by Crippen LogP contribution is -2.21. The lowest BCUT2D eigenvalue weighted by atomic mass is 9.97. The SMILES string of the molecule is CC(C)Oc1cccc([C@@H]2CC(=O)NC2=O)c1. The third-order valence-corrected chi connectivity index (χ3v) is 2.60. The van der Waals surface area contributed by atoms with Gasteiger partial charge in [0, 0.05) is 6.42 Å². The number of carbonyl (C=O) groups excluding carboxylic acids is 2. The third kappa shape index (κ3) is 2.64. The highest BCUT2D eigenvalue weighted by Crippen LogP contribution is 2.27. The van der Waals surface area contributed by atoms with Gasteiger partial charge in [-0.2, -0.15) is 0 Å². The Hall–Kier alpha value is -1.84. The summed E-state index contributed by atoms with van der Waals surface area (Å²) < 4.78 is 5.56. The minimum atomic E-state index is -0.377. The third-order valence-electron chi connectivity index (χ3n) is 2.60. The van der Waals surface area contributed by atoms with Crippen LogP contribution in [0.25, 0.3) is 0 Å². The van der Waals surface area contributed by atoms with Crippen LogP contribution in [0.3, 0.4) is 0 Å². The molecule has 0 aromatic heterocycles. The van der Waals surface area contributed by atoms with Gasteiger partial charge in [0.15, 0.2) is 0 Å². The van der Waals surface area contributed by atoms with Gasteiger partial charge in [0.25, 0.3) is 0 Å². The van der Waals surface area contributed by atoms with Crippen molar-refractivity contribution in [1.29, 1.82) is 0 Å². The Kier molecular flexibility index (Phi) is 3.13. The highest BCUT2D eigenvalue weighted by molar-refractivity contribution is 6.06. The molecule has 4 nitrogen and oxygen atoms in total. The Morgan fingerprint density at radius 3 is 2.71 bits per heavy atom. The van der Waals surface area contributed by atoms with Crippen LogP contribution >= 0.6 is 0 Å². The first-order chi connectivity index (χ1) is 8.06. The van der Waals surface area contributed by atoms with Gasteiger partial charge in [0.1, 0.15) is 5.75 Å². The average molecular weight is 233 g/mol. The lowest BCUT2D eigenvalue weighted by Gasteiger charge is -2.12. The summed E-state index contributed by atoms with van der Waals surface area (Å²) in [4.78, 5) is 22.7. The Balaban J connectivity index is 2.21. The van der Waals surface area contributed by atoms with E-state index < -0.39 is 0 Å². The molecule has 4 heteroatoms. The fourth-order valence-corrected chi connectivity index (χ4v) is 1.90. The van der Waals surface area contributed by atoms with Crippen molar-refractivity contribution in [2.75, 3.05) is 0 Å². The van der Waals surface area contributed by atoms with Crippen LogP contribution in [0.1, 0.15) is 31.7 Å². The highest BCUT2D eigenvalue weighted by atomic mass is 16.5. The molecule has 1 aliphatic heterocycles. The van der Waals surface area contributed by atoms with E-state index in [1.807, 2.05) is 38.1 Å². The number of ether oxygens (including phenoxy) is 1. The number of hydrogen-bond donors (Lipinski definition) is 1. The number of benzene rings is 1. The molecule has 1 atom stereocenters. The predicted octanol–water partition coefficient (Wildman–Crippen LogP) is 1.60. The quantitative estimate of drug-likeness (QED) is 0.807. The first-order valence-corrected chi connectivity index (χ1v) is 5.66. The average Bonchev–Trinajstić information content (AvgIpc) is 2.57. The summed E-state index contributed by atoms with van der Waals surface area (Å²) in [6, 6.07) is 7.35. The van der Waals surface area contributed by atoms with E-state index in [1.54, 1.807) is 0 Å². The van der Waals surface area contributed by atoms with Crippen LogP contribution in [-0.2, 0) is 9.59 Å². The second-order valence-electron chi connectivity index (χ2n) is 4.41. The molecular formula is C13H15NO3. The molecule has 1 fully saturated rings. The van der Waals surface area contributed by atoms with E-state index in [1.165, 1.54) is 0 Å². The van der Waals surface area contributed by atoms with Gasteiger partial charge < -0.3 is 4.74 Å². The van der Waals surface area contributed by atoms with Crippen molar-refractivity contribution in [1.82, 2.24) is 5.32 Å². The van der Waals surface area contributed by atoms with E-state index in [4.69, 9.17) is 4.74 Å². The van der Waals surface area contributed by atoms with E-state index in [0.717, 1.165) is 11.3 Å². The molecule has 0 aliphatic carbocycles. The van der Waals surface area contributed by atoms with Gasteiger partial charge in [-0.25, -0.2) is 0 Å². The van der Waals surface area contributed by atoms with Gasteiger partial charge in [-0.05, 0) is 31.5 Å². The van der Waals surface area contributed by atoms with Crippen molar-refractivity contribution in [3.05, 3.63) is 29.8 Å². The molecule has 90 valence electrons. The van der Waals surface area contributed by atoms with E-state index in [-0.39, 0.29) is 30.3 Å². The molecule has 1 saturated heterocycles. The van der Waals surface area contributed by atoms with Crippen molar-refractivity contribution < 1.29 is 14.3 Å². The monoisotopic (exact) mass is 233 g/mol. The second kappa shape index (κ2) is 4.57. The smallest absolute Gasteiger partial charge is 0.234 e. The van der Waals surface area contributed by atoms with Crippen molar-refractivity contribution in [2.24, 2.45) is 0 Å². The van der Waals surface area contributed by atoms with Crippen LogP contribution in [0, 0.1) is 0 Å². The van der Waals surface area contributed by atoms with Gasteiger partial charge in [0.05, 0.1) is 12.0 Å². The topological polar surface area (TPSA) is 55.4 Å². The fraction of sp³-hybridized carbons (Fsp3) is 0.385. The minimum Gasteiger partial charge on any atom is -0.491 e. The van der Waals surface area contributed by atoms with Gasteiger partial charge in [-0.15, -0.1) is 0 Å². The molecule has 1 aromatic carbocycles. The zero-order valence-electron chi connectivity index (χ0n) is 9.90. The van der Waals surface area contributed by atoms with Gasteiger partial charge in [-0.3, -0.25) is 14.9 Å². The largest absolute Gasteiger partial charge is 0.491 e. The number of imide groups is 1. The van der Waals surface area contributed by atoms with Gasteiger partial charge in [-0.1, -0.05) is 12.1 Å². The fourth-order valence-electron chi connectivity index (χ4n) is 1.90. The standard InChI is InChI=1S/C13H15NO3/c1-8(2)17-10-5-3-4-9(6-10)11-7-12(15)14-13(11)16/h3-6,8,11H,7H2,1-2H3,(H,14,15,16)/t11-/m0/s1. The molecule has 1 aliphatic rings. The molecule has 0 saturated carbocycles. The second-order valence-corrected chi connectivity index (χ2v) is 4.41. The van der Waals surface area contributed by atoms with Gasteiger partial charge in [0.2, 0.25) is 11.8 Å². The molecule has 0 radical (unpaired) electrons. The van der Waals surface area contributed by atoms with Crippen molar-refractivity contribution in [2.45, 2.75) is 32.3 Å². The van der Waals surface area contributed by atoms with Gasteiger partial charge >= 0.3 is 0 Å². The van der Waals surface area contributed by atoms with Crippen LogP contribution in [0.2, 0.25) is 0 Å². The molecule has 1 N–H and O–H groups in total. The summed E-state index contributed by atoms with van der Waals surface area (Å²) in [5.41, 5.74) is 0.825. The van der Waals surface area contributed by atoms with Crippen LogP contribution in [-0.4, -0.2) is 17.9 Å². The van der Waals surface area contributed by atoms with Crippen LogP contribution in [0.5, 0.6) is 5.75 Å². The number of rotatable bonds is 3. The van der Waals surface area contributed by atoms with Crippen LogP contribution in [0.4, 0.5) is 0 Å². The van der Waals surface area contributed by atoms with Crippen LogP contribution < -0.4 is 10.1 Å². The summed E-state index contributed by atoms with van der Waals surface area (Å²) in [5.74, 6) is -0.0882. The molecule has 2 rings (SSSR count). The lowest BCUT2D eigenvalue weighted by molar-refractivity contribution is -0.125. The first kappa shape index (κ1) is 11.6. The summed E-state index contributed by atoms with van der Waals surface area (Å²) >= 11 is 0. The van der Waals surface area contributed by atoms with E-state index in [0.29, 0.717) is 0 Å². The van der Waals surface area contributed by atoms with Crippen LogP contribution in [0.15, 0.2) is 24.3 Å². The number of carbonyl (C=O) groups is 2. The first-order valence-electron chi connectivity index (χ1n) is 5.66. The zero-order valence-corrected chi connectivity index (χ0v) is 9.90. The summed E-state index contributed by atoms with van der Waals surface area (Å²) in [5, 5.41) is 2.31. The van der Waals surface area contributed by atoms with Crippen molar-refractivity contribution in [3.8, 4) is 5.75 Å². The maximum absolute atomic E-state index is 11.5. The molecule has 1 heterocycles. The number of nitrogens with one attached hydrogen (secondary N) is 1. The minimum absolute atomic E-state index is 0.0873. The predicted molar refractivity (Wildman–Crippen MR) is 62.7 cm³/mol. The van der Waals surface area contributed by atoms with Crippen molar-refractivity contribution >= 4 is 11.8 Å². The Morgan fingerprint density at radius 1 is 1.35 bits per heavy atom. The molecule has 0 unspecified atom stereocenters. The molecule has 0 spiro atoms. The van der Waals surface area contributed by atoms with Crippen molar-refractivity contribution in [3.63, 3.8) is 0 Å².